The molecule has 2 amide bonds. The predicted molar refractivity (Wildman–Crippen MR) is 73.6 cm³/mol. The quantitative estimate of drug-likeness (QED) is 0.774. The van der Waals surface area contributed by atoms with Crippen LogP contribution in [0.1, 0.15) is 37.4 Å². The van der Waals surface area contributed by atoms with Gasteiger partial charge in [0.05, 0.1) is 5.69 Å². The van der Waals surface area contributed by atoms with E-state index in [9.17, 15) is 9.59 Å². The first-order chi connectivity index (χ1) is 8.20. The topological polar surface area (TPSA) is 84.2 Å². The van der Waals surface area contributed by atoms with Crippen molar-refractivity contribution in [3.05, 3.63) is 16.3 Å². The molecule has 1 rings (SSSR count). The third-order valence-electron chi connectivity index (χ3n) is 2.14. The van der Waals surface area contributed by atoms with Crippen LogP contribution in [-0.2, 0) is 4.79 Å². The summed E-state index contributed by atoms with van der Waals surface area (Å²) in [4.78, 5) is 24.1. The smallest absolute Gasteiger partial charge is 0.264 e. The Morgan fingerprint density at radius 2 is 2.00 bits per heavy atom. The Morgan fingerprint density at radius 3 is 2.44 bits per heavy atom. The average Bonchev–Trinajstić information content (AvgIpc) is 2.61. The van der Waals surface area contributed by atoms with Crippen molar-refractivity contribution in [2.24, 2.45) is 0 Å². The summed E-state index contributed by atoms with van der Waals surface area (Å²) in [6.07, 6.45) is 0. The summed E-state index contributed by atoms with van der Waals surface area (Å²) in [6, 6.07) is 1.07. The monoisotopic (exact) mass is 269 g/mol. The molecule has 0 fully saturated rings. The Morgan fingerprint density at radius 1 is 1.39 bits per heavy atom. The predicted octanol–water partition coefficient (Wildman–Crippen LogP) is 1.36. The second kappa shape index (κ2) is 5.39. The van der Waals surface area contributed by atoms with Crippen LogP contribution >= 0.6 is 11.3 Å². The minimum absolute atomic E-state index is 0.217. The lowest BCUT2D eigenvalue weighted by molar-refractivity contribution is -0.124. The molecule has 0 spiro atoms. The van der Waals surface area contributed by atoms with E-state index in [4.69, 9.17) is 5.73 Å². The maximum atomic E-state index is 11.8. The van der Waals surface area contributed by atoms with Crippen LogP contribution in [0.25, 0.3) is 0 Å². The first-order valence-corrected chi connectivity index (χ1v) is 6.54. The zero-order valence-electron chi connectivity index (χ0n) is 11.0. The van der Waals surface area contributed by atoms with Crippen LogP contribution in [0.2, 0.25) is 0 Å². The van der Waals surface area contributed by atoms with E-state index in [1.54, 1.807) is 18.4 Å². The van der Waals surface area contributed by atoms with E-state index in [1.807, 2.05) is 20.8 Å². The number of nitrogens with two attached hydrogens (primary N) is 1. The van der Waals surface area contributed by atoms with Crippen molar-refractivity contribution in [1.29, 1.82) is 0 Å². The lowest BCUT2D eigenvalue weighted by atomic mass is 10.1. The maximum Gasteiger partial charge on any atom is 0.264 e. The Balaban J connectivity index is 2.60. The Bertz CT molecular complexity index is 448. The molecule has 1 aromatic rings. The zero-order chi connectivity index (χ0) is 13.9. The van der Waals surface area contributed by atoms with Crippen molar-refractivity contribution in [3.63, 3.8) is 0 Å². The Hall–Kier alpha value is -1.56. The third kappa shape index (κ3) is 4.03. The molecular weight excluding hydrogens is 250 g/mol. The van der Waals surface area contributed by atoms with E-state index >= 15 is 0 Å². The number of thiophene rings is 1. The first kappa shape index (κ1) is 14.5. The van der Waals surface area contributed by atoms with E-state index in [2.05, 4.69) is 10.6 Å². The zero-order valence-corrected chi connectivity index (χ0v) is 11.9. The summed E-state index contributed by atoms with van der Waals surface area (Å²) in [5.74, 6) is -0.537. The molecule has 0 bridgehead atoms. The van der Waals surface area contributed by atoms with Gasteiger partial charge in [-0.3, -0.25) is 9.59 Å². The SMILES string of the molecule is CC(NC(=O)c1sccc1N)C(=O)NC(C)(C)C. The number of hydrogen-bond donors (Lipinski definition) is 3. The van der Waals surface area contributed by atoms with Gasteiger partial charge in [-0.2, -0.15) is 0 Å². The van der Waals surface area contributed by atoms with E-state index < -0.39 is 6.04 Å². The highest BCUT2D eigenvalue weighted by atomic mass is 32.1. The second-order valence-electron chi connectivity index (χ2n) is 5.14. The summed E-state index contributed by atoms with van der Waals surface area (Å²) in [6.45, 7) is 7.30. The average molecular weight is 269 g/mol. The van der Waals surface area contributed by atoms with Gasteiger partial charge < -0.3 is 16.4 Å². The van der Waals surface area contributed by atoms with Gasteiger partial charge in [-0.25, -0.2) is 0 Å². The summed E-state index contributed by atoms with van der Waals surface area (Å²) < 4.78 is 0. The lowest BCUT2D eigenvalue weighted by Gasteiger charge is -2.23. The van der Waals surface area contributed by atoms with Crippen molar-refractivity contribution in [3.8, 4) is 0 Å². The fourth-order valence-corrected chi connectivity index (χ4v) is 2.03. The van der Waals surface area contributed by atoms with Gasteiger partial charge in [-0.15, -0.1) is 11.3 Å². The Kier molecular flexibility index (Phi) is 4.34. The number of nitrogens with one attached hydrogen (secondary N) is 2. The summed E-state index contributed by atoms with van der Waals surface area (Å²) in [5.41, 5.74) is 5.75. The normalized spacial score (nSPS) is 12.9. The number of carbonyl (C=O) groups is 2. The summed E-state index contributed by atoms with van der Waals surface area (Å²) in [5, 5.41) is 7.17. The highest BCUT2D eigenvalue weighted by molar-refractivity contribution is 7.12. The van der Waals surface area contributed by atoms with Gasteiger partial charge in [0.15, 0.2) is 0 Å². The molecule has 0 aliphatic carbocycles. The summed E-state index contributed by atoms with van der Waals surface area (Å²) in [7, 11) is 0. The van der Waals surface area contributed by atoms with Gasteiger partial charge in [-0.05, 0) is 39.1 Å². The van der Waals surface area contributed by atoms with Gasteiger partial charge in [-0.1, -0.05) is 0 Å². The molecule has 0 saturated carbocycles. The molecule has 0 aliphatic heterocycles. The van der Waals surface area contributed by atoms with E-state index in [1.165, 1.54) is 11.3 Å². The van der Waals surface area contributed by atoms with Crippen molar-refractivity contribution >= 4 is 28.8 Å². The van der Waals surface area contributed by atoms with E-state index in [0.29, 0.717) is 10.6 Å². The molecule has 0 saturated heterocycles. The number of carbonyl (C=O) groups excluding carboxylic acids is 2. The fourth-order valence-electron chi connectivity index (χ4n) is 1.31. The van der Waals surface area contributed by atoms with Crippen molar-refractivity contribution in [1.82, 2.24) is 10.6 Å². The van der Waals surface area contributed by atoms with Crippen LogP contribution in [0.4, 0.5) is 5.69 Å². The van der Waals surface area contributed by atoms with Crippen LogP contribution in [0.3, 0.4) is 0 Å². The second-order valence-corrected chi connectivity index (χ2v) is 6.06. The first-order valence-electron chi connectivity index (χ1n) is 5.66. The largest absolute Gasteiger partial charge is 0.397 e. The molecule has 0 radical (unpaired) electrons. The molecule has 1 aromatic heterocycles. The maximum absolute atomic E-state index is 11.8. The standard InChI is InChI=1S/C12H19N3O2S/c1-7(10(16)15-12(2,3)4)14-11(17)9-8(13)5-6-18-9/h5-7H,13H2,1-4H3,(H,14,17)(H,15,16). The molecular formula is C12H19N3O2S. The van der Waals surface area contributed by atoms with Crippen LogP contribution in [0.5, 0.6) is 0 Å². The van der Waals surface area contributed by atoms with Crippen molar-refractivity contribution in [2.45, 2.75) is 39.3 Å². The number of anilines is 1. The molecule has 1 atom stereocenters. The molecule has 0 aliphatic rings. The fraction of sp³-hybridized carbons (Fsp3) is 0.500. The van der Waals surface area contributed by atoms with Crippen LogP contribution < -0.4 is 16.4 Å². The van der Waals surface area contributed by atoms with E-state index in [-0.39, 0.29) is 17.4 Å². The molecule has 5 nitrogen and oxygen atoms in total. The van der Waals surface area contributed by atoms with Gasteiger partial charge >= 0.3 is 0 Å². The molecule has 1 heterocycles. The van der Waals surface area contributed by atoms with Gasteiger partial charge in [0.25, 0.3) is 5.91 Å². The third-order valence-corrected chi connectivity index (χ3v) is 3.07. The van der Waals surface area contributed by atoms with Crippen molar-refractivity contribution in [2.75, 3.05) is 5.73 Å². The molecule has 0 aromatic carbocycles. The minimum atomic E-state index is -0.599. The molecule has 18 heavy (non-hydrogen) atoms. The summed E-state index contributed by atoms with van der Waals surface area (Å²) >= 11 is 1.26. The highest BCUT2D eigenvalue weighted by Gasteiger charge is 2.22. The van der Waals surface area contributed by atoms with Crippen LogP contribution in [0, 0.1) is 0 Å². The van der Waals surface area contributed by atoms with Gasteiger partial charge in [0, 0.05) is 5.54 Å². The number of rotatable bonds is 3. The molecule has 6 heteroatoms. The van der Waals surface area contributed by atoms with E-state index in [0.717, 1.165) is 0 Å². The number of amides is 2. The molecule has 4 N–H and O–H groups in total. The van der Waals surface area contributed by atoms with Crippen LogP contribution in [-0.4, -0.2) is 23.4 Å². The number of hydrogen-bond acceptors (Lipinski definition) is 4. The lowest BCUT2D eigenvalue weighted by Crippen LogP contribution is -2.50. The van der Waals surface area contributed by atoms with Gasteiger partial charge in [0.2, 0.25) is 5.91 Å². The van der Waals surface area contributed by atoms with Crippen molar-refractivity contribution < 1.29 is 9.59 Å². The van der Waals surface area contributed by atoms with Crippen LogP contribution in [0.15, 0.2) is 11.4 Å². The molecule has 1 unspecified atom stereocenters. The Labute approximate surface area is 111 Å². The highest BCUT2D eigenvalue weighted by Crippen LogP contribution is 2.18. The van der Waals surface area contributed by atoms with Gasteiger partial charge in [0.1, 0.15) is 10.9 Å². The molecule has 100 valence electrons. The minimum Gasteiger partial charge on any atom is -0.397 e. The number of nitrogen functional groups attached to an aromatic ring is 1.